The molecule has 0 fully saturated rings. The number of halogens is 4. The standard InChI is InChI=1S/C15H12NO2S.BF4/c1-17-13-9-7-12(8-10-13)15-18-14(16-19-15)11-5-3-2-4-6-11;2-1(3,4)5/h2-10H,1H3;/q+1;-1. The Kier molecular flexibility index (Phi) is 5.91. The van der Waals surface area contributed by atoms with E-state index in [9.17, 15) is 17.3 Å². The quantitative estimate of drug-likeness (QED) is 0.345. The lowest BCUT2D eigenvalue weighted by Gasteiger charge is -1.96. The molecule has 9 heteroatoms. The van der Waals surface area contributed by atoms with E-state index in [0.29, 0.717) is 5.89 Å². The number of benzene rings is 2. The van der Waals surface area contributed by atoms with Crippen LogP contribution in [0.1, 0.15) is 0 Å². The minimum absolute atomic E-state index is 0.649. The highest BCUT2D eigenvalue weighted by Crippen LogP contribution is 2.30. The first-order chi connectivity index (χ1) is 11.4. The van der Waals surface area contributed by atoms with E-state index in [1.807, 2.05) is 54.6 Å². The monoisotopic (exact) mass is 357 g/mol. The molecular formula is C15H12BF4NO2S. The number of rotatable bonds is 3. The predicted octanol–water partition coefficient (Wildman–Crippen LogP) is 5.66. The van der Waals surface area contributed by atoms with Gasteiger partial charge in [-0.15, -0.1) is 0 Å². The van der Waals surface area contributed by atoms with Crippen molar-refractivity contribution >= 4 is 18.8 Å². The van der Waals surface area contributed by atoms with Crippen molar-refractivity contribution in [1.82, 2.24) is 4.37 Å². The van der Waals surface area contributed by atoms with Crippen LogP contribution < -0.4 is 4.74 Å². The van der Waals surface area contributed by atoms with Crippen molar-refractivity contribution in [3.63, 3.8) is 0 Å². The zero-order valence-corrected chi connectivity index (χ0v) is 13.3. The number of hydrogen-bond donors (Lipinski definition) is 0. The second kappa shape index (κ2) is 7.91. The van der Waals surface area contributed by atoms with Gasteiger partial charge in [-0.3, -0.25) is 0 Å². The molecule has 1 aromatic heterocycles. The van der Waals surface area contributed by atoms with Gasteiger partial charge < -0.3 is 22.0 Å². The zero-order chi connectivity index (χ0) is 17.6. The number of hydrogen-bond acceptors (Lipinski definition) is 3. The molecule has 0 aliphatic carbocycles. The van der Waals surface area contributed by atoms with Crippen LogP contribution in [0.25, 0.3) is 22.1 Å². The van der Waals surface area contributed by atoms with E-state index >= 15 is 0 Å². The van der Waals surface area contributed by atoms with E-state index in [4.69, 9.17) is 9.15 Å². The van der Waals surface area contributed by atoms with E-state index in [1.165, 1.54) is 11.5 Å². The third-order valence-electron chi connectivity index (χ3n) is 2.75. The molecule has 0 N–H and O–H groups in total. The van der Waals surface area contributed by atoms with Crippen LogP contribution in [0.2, 0.25) is 0 Å². The second-order valence-electron chi connectivity index (χ2n) is 4.47. The average Bonchev–Trinajstić information content (AvgIpc) is 3.04. The van der Waals surface area contributed by atoms with Crippen molar-refractivity contribution in [2.75, 3.05) is 7.11 Å². The summed E-state index contributed by atoms with van der Waals surface area (Å²) in [6.45, 7) is 0. The Morgan fingerprint density at radius 3 is 2.04 bits per heavy atom. The van der Waals surface area contributed by atoms with E-state index in [-0.39, 0.29) is 0 Å². The van der Waals surface area contributed by atoms with E-state index in [1.54, 1.807) is 7.11 Å². The summed E-state index contributed by atoms with van der Waals surface area (Å²) in [7, 11) is -4.35. The molecule has 126 valence electrons. The van der Waals surface area contributed by atoms with Crippen molar-refractivity contribution in [3.8, 4) is 27.8 Å². The number of methoxy groups -OCH3 is 1. The SMILES string of the molecule is COc1ccc(-c2[o+]c(-c3ccccc3)ns2)cc1.F[B-](F)(F)F. The Morgan fingerprint density at radius 1 is 0.917 bits per heavy atom. The fourth-order valence-corrected chi connectivity index (χ4v) is 2.41. The second-order valence-corrected chi connectivity index (χ2v) is 5.20. The van der Waals surface area contributed by atoms with E-state index in [2.05, 4.69) is 4.37 Å². The molecule has 0 amide bonds. The molecule has 0 saturated heterocycles. The van der Waals surface area contributed by atoms with Gasteiger partial charge in [-0.25, -0.2) is 0 Å². The molecule has 3 nitrogen and oxygen atoms in total. The fraction of sp³-hybridized carbons (Fsp3) is 0.0667. The highest BCUT2D eigenvalue weighted by atomic mass is 32.1. The van der Waals surface area contributed by atoms with Crippen LogP contribution in [0.5, 0.6) is 5.75 Å². The summed E-state index contributed by atoms with van der Waals surface area (Å²) in [5, 5.41) is 0.793. The molecule has 0 saturated carbocycles. The van der Waals surface area contributed by atoms with Crippen LogP contribution >= 0.6 is 11.5 Å². The molecule has 0 atom stereocenters. The topological polar surface area (TPSA) is 33.4 Å². The predicted molar refractivity (Wildman–Crippen MR) is 86.4 cm³/mol. The maximum atomic E-state index is 9.75. The molecule has 0 aliphatic rings. The van der Waals surface area contributed by atoms with Gasteiger partial charge in [-0.1, -0.05) is 22.6 Å². The first kappa shape index (κ1) is 17.9. The van der Waals surface area contributed by atoms with Crippen molar-refractivity contribution in [1.29, 1.82) is 0 Å². The lowest BCUT2D eigenvalue weighted by atomic mass is 10.2. The van der Waals surface area contributed by atoms with Gasteiger partial charge >= 0.3 is 18.2 Å². The molecule has 0 radical (unpaired) electrons. The van der Waals surface area contributed by atoms with Crippen LogP contribution in [0.3, 0.4) is 0 Å². The highest BCUT2D eigenvalue weighted by Gasteiger charge is 2.22. The summed E-state index contributed by atoms with van der Waals surface area (Å²) in [5.41, 5.74) is 1.99. The van der Waals surface area contributed by atoms with Gasteiger partial charge in [0.05, 0.1) is 24.2 Å². The molecule has 3 aromatic rings. The number of nitrogens with zero attached hydrogens (tertiary/aromatic N) is 1. The maximum absolute atomic E-state index is 9.75. The van der Waals surface area contributed by atoms with Gasteiger partial charge in [-0.05, 0) is 36.4 Å². The molecule has 0 aliphatic heterocycles. The summed E-state index contributed by atoms with van der Waals surface area (Å²) in [4.78, 5) is 0. The Labute approximate surface area is 139 Å². The van der Waals surface area contributed by atoms with Gasteiger partial charge in [0.2, 0.25) is 0 Å². The normalized spacial score (nSPS) is 10.7. The van der Waals surface area contributed by atoms with Gasteiger partial charge in [0, 0.05) is 0 Å². The minimum Gasteiger partial charge on any atom is -0.497 e. The highest BCUT2D eigenvalue weighted by molar-refractivity contribution is 7.09. The molecule has 24 heavy (non-hydrogen) atoms. The summed E-state index contributed by atoms with van der Waals surface area (Å²) in [6, 6.07) is 17.6. The molecule has 0 bridgehead atoms. The third kappa shape index (κ3) is 5.66. The summed E-state index contributed by atoms with van der Waals surface area (Å²) in [5.74, 6) is 1.48. The fourth-order valence-electron chi connectivity index (χ4n) is 1.74. The van der Waals surface area contributed by atoms with Crippen molar-refractivity contribution < 1.29 is 26.4 Å². The van der Waals surface area contributed by atoms with E-state index in [0.717, 1.165) is 22.0 Å². The molecule has 0 spiro atoms. The summed E-state index contributed by atoms with van der Waals surface area (Å²) < 4.78 is 54.3. The Morgan fingerprint density at radius 2 is 1.50 bits per heavy atom. The van der Waals surface area contributed by atoms with Gasteiger partial charge in [0.1, 0.15) is 11.3 Å². The number of ether oxygens (including phenoxy) is 1. The Balaban J connectivity index is 0.000000368. The molecule has 1 heterocycles. The largest absolute Gasteiger partial charge is 0.673 e. The van der Waals surface area contributed by atoms with Crippen LogP contribution in [-0.4, -0.2) is 18.7 Å². The van der Waals surface area contributed by atoms with Crippen LogP contribution in [-0.2, 0) is 0 Å². The Hall–Kier alpha value is -2.42. The lowest BCUT2D eigenvalue weighted by molar-refractivity contribution is 0.368. The summed E-state index contributed by atoms with van der Waals surface area (Å²) >= 11 is 1.35. The van der Waals surface area contributed by atoms with E-state index < -0.39 is 7.25 Å². The van der Waals surface area contributed by atoms with Crippen molar-refractivity contribution in [3.05, 3.63) is 54.6 Å². The average molecular weight is 357 g/mol. The number of aromatic nitrogens is 1. The van der Waals surface area contributed by atoms with Crippen molar-refractivity contribution in [2.45, 2.75) is 0 Å². The molecule has 0 unspecified atom stereocenters. The van der Waals surface area contributed by atoms with Crippen LogP contribution in [0, 0.1) is 0 Å². The first-order valence-corrected chi connectivity index (χ1v) is 7.51. The lowest BCUT2D eigenvalue weighted by Crippen LogP contribution is -2.02. The Bertz CT molecular complexity index is 757. The minimum atomic E-state index is -6.00. The van der Waals surface area contributed by atoms with Crippen molar-refractivity contribution in [2.24, 2.45) is 0 Å². The van der Waals surface area contributed by atoms with Gasteiger partial charge in [0.25, 0.3) is 0 Å². The third-order valence-corrected chi connectivity index (χ3v) is 3.49. The smallest absolute Gasteiger partial charge is 0.497 e. The molecule has 3 rings (SSSR count). The van der Waals surface area contributed by atoms with Crippen LogP contribution in [0.4, 0.5) is 17.3 Å². The van der Waals surface area contributed by atoms with Gasteiger partial charge in [-0.2, -0.15) is 4.42 Å². The van der Waals surface area contributed by atoms with Crippen LogP contribution in [0.15, 0.2) is 59.0 Å². The molecule has 2 aromatic carbocycles. The zero-order valence-electron chi connectivity index (χ0n) is 12.5. The van der Waals surface area contributed by atoms with Gasteiger partial charge in [0.15, 0.2) is 0 Å². The molecular weight excluding hydrogens is 345 g/mol. The summed E-state index contributed by atoms with van der Waals surface area (Å²) in [6.07, 6.45) is 0. The maximum Gasteiger partial charge on any atom is 0.673 e. The first-order valence-electron chi connectivity index (χ1n) is 6.74.